The Morgan fingerprint density at radius 3 is 2.24 bits per heavy atom. The molecular formula is C31H51N3O7S. The van der Waals surface area contributed by atoms with Crippen molar-refractivity contribution in [3.63, 3.8) is 0 Å². The van der Waals surface area contributed by atoms with E-state index in [0.29, 0.717) is 71.1 Å². The molecule has 0 bridgehead atoms. The first-order chi connectivity index (χ1) is 20.3. The SMILES string of the molecule is CC1C(=O)C2CCCC(C(=O)NC3CC(S(=O)(=O)N4CCOCC4)CCC3N3CCOCC3)C2OC1C1CCCCC1. The third-order valence-electron chi connectivity index (χ3n) is 11.3. The fourth-order valence-electron chi connectivity index (χ4n) is 8.91. The molecule has 1 amide bonds. The van der Waals surface area contributed by atoms with Crippen molar-refractivity contribution in [1.29, 1.82) is 0 Å². The van der Waals surface area contributed by atoms with E-state index in [-0.39, 0.29) is 53.7 Å². The lowest BCUT2D eigenvalue weighted by molar-refractivity contribution is -0.183. The van der Waals surface area contributed by atoms with E-state index in [0.717, 1.165) is 38.8 Å². The van der Waals surface area contributed by atoms with Crippen LogP contribution in [0.5, 0.6) is 0 Å². The monoisotopic (exact) mass is 609 g/mol. The molecule has 3 saturated heterocycles. The number of sulfonamides is 1. The Bertz CT molecular complexity index is 1050. The number of carbonyl (C=O) groups is 2. The van der Waals surface area contributed by atoms with Crippen LogP contribution < -0.4 is 5.32 Å². The molecule has 0 radical (unpaired) electrons. The average Bonchev–Trinajstić information content (AvgIpc) is 3.03. The van der Waals surface area contributed by atoms with Gasteiger partial charge < -0.3 is 19.5 Å². The molecule has 10 nitrogen and oxygen atoms in total. The second kappa shape index (κ2) is 13.5. The van der Waals surface area contributed by atoms with Crippen molar-refractivity contribution < 1.29 is 32.2 Å². The maximum atomic E-state index is 14.2. The first-order valence-electron chi connectivity index (χ1n) is 16.7. The lowest BCUT2D eigenvalue weighted by Crippen LogP contribution is -2.62. The van der Waals surface area contributed by atoms with Gasteiger partial charge >= 0.3 is 0 Å². The molecular weight excluding hydrogens is 558 g/mol. The highest BCUT2D eigenvalue weighted by molar-refractivity contribution is 7.89. The number of nitrogens with zero attached hydrogens (tertiary/aromatic N) is 2. The van der Waals surface area contributed by atoms with Gasteiger partial charge in [-0.2, -0.15) is 4.31 Å². The van der Waals surface area contributed by atoms with Crippen molar-refractivity contribution >= 4 is 21.7 Å². The summed E-state index contributed by atoms with van der Waals surface area (Å²) in [4.78, 5) is 30.2. The first-order valence-corrected chi connectivity index (χ1v) is 18.2. The Balaban J connectivity index is 1.19. The minimum absolute atomic E-state index is 0.0669. The summed E-state index contributed by atoms with van der Waals surface area (Å²) >= 11 is 0. The summed E-state index contributed by atoms with van der Waals surface area (Å²) in [5.74, 6) is -0.124. The van der Waals surface area contributed by atoms with Crippen molar-refractivity contribution in [2.24, 2.45) is 23.7 Å². The van der Waals surface area contributed by atoms with Crippen LogP contribution in [0, 0.1) is 23.7 Å². The van der Waals surface area contributed by atoms with E-state index in [2.05, 4.69) is 10.2 Å². The summed E-state index contributed by atoms with van der Waals surface area (Å²) in [6.07, 6.45) is 9.34. The highest BCUT2D eigenvalue weighted by Crippen LogP contribution is 2.44. The number of carbonyl (C=O) groups excluding carboxylic acids is 2. The normalized spacial score (nSPS) is 39.9. The van der Waals surface area contributed by atoms with Crippen LogP contribution in [0.2, 0.25) is 0 Å². The smallest absolute Gasteiger partial charge is 0.226 e. The number of ketones is 1. The average molecular weight is 610 g/mol. The first kappa shape index (κ1) is 30.9. The zero-order valence-corrected chi connectivity index (χ0v) is 26.1. The summed E-state index contributed by atoms with van der Waals surface area (Å²) < 4.78 is 46.7. The van der Waals surface area contributed by atoms with Crippen molar-refractivity contribution in [3.8, 4) is 0 Å². The molecule has 0 aromatic carbocycles. The maximum absolute atomic E-state index is 14.2. The fourth-order valence-corrected chi connectivity index (χ4v) is 10.9. The second-order valence-corrected chi connectivity index (χ2v) is 15.8. The summed E-state index contributed by atoms with van der Waals surface area (Å²) in [6.45, 7) is 6.52. The Labute approximate surface area is 251 Å². The Kier molecular flexibility index (Phi) is 9.92. The topological polar surface area (TPSA) is 114 Å². The van der Waals surface area contributed by atoms with E-state index < -0.39 is 15.3 Å². The van der Waals surface area contributed by atoms with Gasteiger partial charge in [-0.3, -0.25) is 14.5 Å². The van der Waals surface area contributed by atoms with Crippen molar-refractivity contribution in [3.05, 3.63) is 0 Å². The zero-order chi connectivity index (χ0) is 29.3. The van der Waals surface area contributed by atoms with Gasteiger partial charge in [-0.05, 0) is 50.9 Å². The Morgan fingerprint density at radius 1 is 0.833 bits per heavy atom. The van der Waals surface area contributed by atoms with Gasteiger partial charge in [-0.1, -0.05) is 32.6 Å². The number of ether oxygens (including phenoxy) is 3. The van der Waals surface area contributed by atoms with Crippen molar-refractivity contribution in [1.82, 2.24) is 14.5 Å². The van der Waals surface area contributed by atoms with Crippen LogP contribution >= 0.6 is 0 Å². The summed E-state index contributed by atoms with van der Waals surface area (Å²) in [7, 11) is -3.50. The van der Waals surface area contributed by atoms with Crippen LogP contribution in [0.3, 0.4) is 0 Å². The number of morpholine rings is 2. The number of nitrogens with one attached hydrogen (secondary N) is 1. The third-order valence-corrected chi connectivity index (χ3v) is 13.6. The predicted molar refractivity (Wildman–Crippen MR) is 157 cm³/mol. The largest absolute Gasteiger partial charge is 0.379 e. The molecule has 8 unspecified atom stereocenters. The molecule has 8 atom stereocenters. The molecule has 6 rings (SSSR count). The van der Waals surface area contributed by atoms with Crippen LogP contribution in [-0.2, 0) is 33.8 Å². The molecule has 238 valence electrons. The standard InChI is InChI=1S/C31H51N3O7S/c1-21-28(35)24-8-5-9-25(30(24)41-29(21)22-6-3-2-4-7-22)31(36)32-26-20-23(42(37,38)34-14-18-40-19-15-34)10-11-27(26)33-12-16-39-17-13-33/h21-27,29-30H,2-20H2,1H3,(H,32,36). The van der Waals surface area contributed by atoms with E-state index in [4.69, 9.17) is 14.2 Å². The number of amides is 1. The summed E-state index contributed by atoms with van der Waals surface area (Å²) in [5.41, 5.74) is 0. The molecule has 0 aromatic rings. The summed E-state index contributed by atoms with van der Waals surface area (Å²) in [6, 6.07) is -0.213. The maximum Gasteiger partial charge on any atom is 0.226 e. The number of Topliss-reactive ketones (excluding diaryl/α,β-unsaturated/α-hetero) is 1. The molecule has 0 aromatic heterocycles. The molecule has 6 fully saturated rings. The highest BCUT2D eigenvalue weighted by Gasteiger charge is 2.51. The molecule has 3 aliphatic heterocycles. The molecule has 3 heterocycles. The minimum atomic E-state index is -3.50. The zero-order valence-electron chi connectivity index (χ0n) is 25.3. The summed E-state index contributed by atoms with van der Waals surface area (Å²) in [5, 5.41) is 2.85. The molecule has 1 N–H and O–H groups in total. The van der Waals surface area contributed by atoms with E-state index in [9.17, 15) is 18.0 Å². The Hall–Kier alpha value is -1.11. The van der Waals surface area contributed by atoms with Crippen LogP contribution in [0.4, 0.5) is 0 Å². The van der Waals surface area contributed by atoms with Gasteiger partial charge in [0.25, 0.3) is 0 Å². The molecule has 6 aliphatic rings. The molecule has 42 heavy (non-hydrogen) atoms. The van der Waals surface area contributed by atoms with Gasteiger partial charge in [0.15, 0.2) is 0 Å². The second-order valence-electron chi connectivity index (χ2n) is 13.6. The third kappa shape index (κ3) is 6.33. The molecule has 11 heteroatoms. The lowest BCUT2D eigenvalue weighted by Gasteiger charge is -2.48. The quantitative estimate of drug-likeness (QED) is 0.488. The minimum Gasteiger partial charge on any atom is -0.379 e. The molecule has 3 aliphatic carbocycles. The fraction of sp³-hybridized carbons (Fsp3) is 0.935. The number of fused-ring (bicyclic) bond motifs is 1. The van der Waals surface area contributed by atoms with Crippen molar-refractivity contribution in [2.45, 2.75) is 107 Å². The van der Waals surface area contributed by atoms with Crippen LogP contribution in [0.1, 0.15) is 77.6 Å². The lowest BCUT2D eigenvalue weighted by atomic mass is 9.68. The van der Waals surface area contributed by atoms with Gasteiger partial charge in [0, 0.05) is 50.1 Å². The number of hydrogen-bond acceptors (Lipinski definition) is 8. The van der Waals surface area contributed by atoms with Gasteiger partial charge in [-0.15, -0.1) is 0 Å². The van der Waals surface area contributed by atoms with Gasteiger partial charge in [0.05, 0.1) is 49.8 Å². The molecule has 3 saturated carbocycles. The van der Waals surface area contributed by atoms with Gasteiger partial charge in [-0.25, -0.2) is 8.42 Å². The highest BCUT2D eigenvalue weighted by atomic mass is 32.2. The van der Waals surface area contributed by atoms with E-state index in [1.165, 1.54) is 19.3 Å². The number of rotatable bonds is 6. The van der Waals surface area contributed by atoms with E-state index in [1.807, 2.05) is 6.92 Å². The van der Waals surface area contributed by atoms with E-state index in [1.54, 1.807) is 4.31 Å². The molecule has 0 spiro atoms. The van der Waals surface area contributed by atoms with Crippen LogP contribution in [-0.4, -0.2) is 111 Å². The predicted octanol–water partition coefficient (Wildman–Crippen LogP) is 2.36. The Morgan fingerprint density at radius 2 is 1.52 bits per heavy atom. The van der Waals surface area contributed by atoms with Crippen molar-refractivity contribution in [2.75, 3.05) is 52.6 Å². The van der Waals surface area contributed by atoms with Crippen LogP contribution in [0.25, 0.3) is 0 Å². The van der Waals surface area contributed by atoms with E-state index >= 15 is 0 Å². The van der Waals surface area contributed by atoms with Gasteiger partial charge in [0.1, 0.15) is 5.78 Å². The van der Waals surface area contributed by atoms with Crippen LogP contribution in [0.15, 0.2) is 0 Å². The number of hydrogen-bond donors (Lipinski definition) is 1. The van der Waals surface area contributed by atoms with Gasteiger partial charge in [0.2, 0.25) is 15.9 Å².